The van der Waals surface area contributed by atoms with Gasteiger partial charge in [0.1, 0.15) is 0 Å². The van der Waals surface area contributed by atoms with Crippen molar-refractivity contribution in [3.63, 3.8) is 0 Å². The Hall–Kier alpha value is -3.57. The number of para-hydroxylation sites is 1. The molecule has 6 heteroatoms. The predicted octanol–water partition coefficient (Wildman–Crippen LogP) is 5.05. The van der Waals surface area contributed by atoms with Crippen molar-refractivity contribution in [2.24, 2.45) is 0 Å². The molecule has 1 amide bonds. The van der Waals surface area contributed by atoms with Gasteiger partial charge in [-0.2, -0.15) is 0 Å². The summed E-state index contributed by atoms with van der Waals surface area (Å²) in [4.78, 5) is 27.7. The van der Waals surface area contributed by atoms with Gasteiger partial charge in [0.15, 0.2) is 0 Å². The molecule has 0 aliphatic heterocycles. The van der Waals surface area contributed by atoms with E-state index in [-0.39, 0.29) is 11.5 Å². The molecule has 4 rings (SSSR count). The van der Waals surface area contributed by atoms with E-state index in [1.807, 2.05) is 48.5 Å². The third kappa shape index (κ3) is 4.31. The molecule has 0 saturated carbocycles. The Morgan fingerprint density at radius 1 is 0.897 bits per heavy atom. The summed E-state index contributed by atoms with van der Waals surface area (Å²) in [5, 5.41) is 7.38. The van der Waals surface area contributed by atoms with Crippen LogP contribution >= 0.6 is 11.6 Å². The van der Waals surface area contributed by atoms with Crippen LogP contribution in [-0.2, 0) is 6.54 Å². The Morgan fingerprint density at radius 3 is 2.48 bits per heavy atom. The van der Waals surface area contributed by atoms with E-state index in [4.69, 9.17) is 11.6 Å². The van der Waals surface area contributed by atoms with Crippen LogP contribution in [0.25, 0.3) is 10.9 Å². The molecule has 5 nitrogen and oxygen atoms in total. The third-order valence-electron chi connectivity index (χ3n) is 4.55. The van der Waals surface area contributed by atoms with Crippen LogP contribution < -0.4 is 16.2 Å². The van der Waals surface area contributed by atoms with Gasteiger partial charge in [-0.1, -0.05) is 60.1 Å². The number of rotatable bonds is 5. The van der Waals surface area contributed by atoms with E-state index in [1.165, 1.54) is 6.07 Å². The SMILES string of the molecule is O=C(Nc1cc(Cl)ccc1NCc1ccccc1)c1cc(=O)[nH]c2ccccc12. The van der Waals surface area contributed by atoms with Crippen LogP contribution in [0.4, 0.5) is 11.4 Å². The maximum absolute atomic E-state index is 13.0. The van der Waals surface area contributed by atoms with E-state index in [9.17, 15) is 9.59 Å². The quantitative estimate of drug-likeness (QED) is 0.436. The molecule has 29 heavy (non-hydrogen) atoms. The Labute approximate surface area is 172 Å². The van der Waals surface area contributed by atoms with Gasteiger partial charge >= 0.3 is 0 Å². The van der Waals surface area contributed by atoms with Crippen molar-refractivity contribution >= 4 is 39.8 Å². The lowest BCUT2D eigenvalue weighted by atomic mass is 10.1. The standard InChI is InChI=1S/C23H18ClN3O2/c24-16-10-11-20(25-14-15-6-2-1-3-7-15)21(12-16)27-23(29)18-13-22(28)26-19-9-5-4-8-17(18)19/h1-13,25H,14H2,(H,26,28)(H,27,29). The predicted molar refractivity (Wildman–Crippen MR) is 118 cm³/mol. The molecule has 0 saturated heterocycles. The number of fused-ring (bicyclic) bond motifs is 1. The Morgan fingerprint density at radius 2 is 1.66 bits per heavy atom. The van der Waals surface area contributed by atoms with Crippen LogP contribution in [0.2, 0.25) is 5.02 Å². The normalized spacial score (nSPS) is 10.7. The smallest absolute Gasteiger partial charge is 0.256 e. The summed E-state index contributed by atoms with van der Waals surface area (Å²) in [6.07, 6.45) is 0. The van der Waals surface area contributed by atoms with Crippen LogP contribution in [0.5, 0.6) is 0 Å². The number of nitrogens with one attached hydrogen (secondary N) is 3. The Bertz CT molecular complexity index is 1240. The molecule has 0 atom stereocenters. The number of carbonyl (C=O) groups excluding carboxylic acids is 1. The number of benzene rings is 3. The van der Waals surface area contributed by atoms with Gasteiger partial charge in [0.2, 0.25) is 5.56 Å². The number of pyridine rings is 1. The van der Waals surface area contributed by atoms with Crippen LogP contribution in [-0.4, -0.2) is 10.9 Å². The number of hydrogen-bond donors (Lipinski definition) is 3. The summed E-state index contributed by atoms with van der Waals surface area (Å²) in [5.74, 6) is -0.377. The lowest BCUT2D eigenvalue weighted by molar-refractivity contribution is 0.102. The summed E-state index contributed by atoms with van der Waals surface area (Å²) in [6.45, 7) is 0.597. The summed E-state index contributed by atoms with van der Waals surface area (Å²) in [6, 6.07) is 23.7. The zero-order chi connectivity index (χ0) is 20.2. The number of halogens is 1. The third-order valence-corrected chi connectivity index (χ3v) is 4.79. The highest BCUT2D eigenvalue weighted by Crippen LogP contribution is 2.27. The van der Waals surface area contributed by atoms with Crippen LogP contribution in [0.15, 0.2) is 83.7 Å². The number of aromatic amines is 1. The van der Waals surface area contributed by atoms with Crippen molar-refractivity contribution in [2.45, 2.75) is 6.54 Å². The molecular formula is C23H18ClN3O2. The van der Waals surface area contributed by atoms with Gasteiger partial charge in [-0.15, -0.1) is 0 Å². The highest BCUT2D eigenvalue weighted by atomic mass is 35.5. The average Bonchev–Trinajstić information content (AvgIpc) is 2.73. The van der Waals surface area contributed by atoms with E-state index >= 15 is 0 Å². The van der Waals surface area contributed by atoms with Gasteiger partial charge in [-0.05, 0) is 29.8 Å². The molecule has 144 valence electrons. The topological polar surface area (TPSA) is 74.0 Å². The summed E-state index contributed by atoms with van der Waals surface area (Å²) in [5.41, 5.74) is 2.98. The van der Waals surface area contributed by atoms with Gasteiger partial charge < -0.3 is 15.6 Å². The lowest BCUT2D eigenvalue weighted by Gasteiger charge is -2.14. The molecule has 3 N–H and O–H groups in total. The van der Waals surface area contributed by atoms with Crippen molar-refractivity contribution in [3.05, 3.63) is 105 Å². The van der Waals surface area contributed by atoms with Gasteiger partial charge in [-0.3, -0.25) is 9.59 Å². The summed E-state index contributed by atoms with van der Waals surface area (Å²) >= 11 is 6.15. The van der Waals surface area contributed by atoms with Gasteiger partial charge in [0, 0.05) is 28.5 Å². The van der Waals surface area contributed by atoms with Crippen molar-refractivity contribution in [1.29, 1.82) is 0 Å². The van der Waals surface area contributed by atoms with E-state index < -0.39 is 0 Å². The minimum absolute atomic E-state index is 0.304. The van der Waals surface area contributed by atoms with Crippen molar-refractivity contribution in [1.82, 2.24) is 4.98 Å². The highest BCUT2D eigenvalue weighted by molar-refractivity contribution is 6.31. The molecular weight excluding hydrogens is 386 g/mol. The van der Waals surface area contributed by atoms with Crippen LogP contribution in [0.1, 0.15) is 15.9 Å². The second-order valence-corrected chi connectivity index (χ2v) is 7.01. The highest BCUT2D eigenvalue weighted by Gasteiger charge is 2.14. The summed E-state index contributed by atoms with van der Waals surface area (Å²) in [7, 11) is 0. The molecule has 0 fully saturated rings. The number of aromatic nitrogens is 1. The Balaban J connectivity index is 1.63. The first-order valence-electron chi connectivity index (χ1n) is 9.11. The van der Waals surface area contributed by atoms with Crippen LogP contribution in [0, 0.1) is 0 Å². The molecule has 0 bridgehead atoms. The van der Waals surface area contributed by atoms with Crippen LogP contribution in [0.3, 0.4) is 0 Å². The second-order valence-electron chi connectivity index (χ2n) is 6.58. The number of amides is 1. The molecule has 0 radical (unpaired) electrons. The average molecular weight is 404 g/mol. The molecule has 1 heterocycles. The maximum atomic E-state index is 13.0. The van der Waals surface area contributed by atoms with E-state index in [0.717, 1.165) is 11.3 Å². The first-order valence-corrected chi connectivity index (χ1v) is 9.49. The first kappa shape index (κ1) is 18.8. The minimum atomic E-state index is -0.377. The van der Waals surface area contributed by atoms with E-state index in [1.54, 1.807) is 24.3 Å². The van der Waals surface area contributed by atoms with Crippen molar-refractivity contribution in [3.8, 4) is 0 Å². The molecule has 0 spiro atoms. The fraction of sp³-hybridized carbons (Fsp3) is 0.0435. The molecule has 4 aromatic rings. The zero-order valence-corrected chi connectivity index (χ0v) is 16.2. The van der Waals surface area contributed by atoms with Gasteiger partial charge in [0.05, 0.1) is 16.9 Å². The maximum Gasteiger partial charge on any atom is 0.256 e. The van der Waals surface area contributed by atoms with Crippen molar-refractivity contribution < 1.29 is 4.79 Å². The van der Waals surface area contributed by atoms with Gasteiger partial charge in [0.25, 0.3) is 5.91 Å². The monoisotopic (exact) mass is 403 g/mol. The molecule has 1 aromatic heterocycles. The first-order chi connectivity index (χ1) is 14.1. The Kier molecular flexibility index (Phi) is 5.31. The number of carbonyl (C=O) groups is 1. The fourth-order valence-corrected chi connectivity index (χ4v) is 3.32. The number of H-pyrrole nitrogens is 1. The number of hydrogen-bond acceptors (Lipinski definition) is 3. The van der Waals surface area contributed by atoms with E-state index in [2.05, 4.69) is 15.6 Å². The van der Waals surface area contributed by atoms with Crippen molar-refractivity contribution in [2.75, 3.05) is 10.6 Å². The van der Waals surface area contributed by atoms with Gasteiger partial charge in [-0.25, -0.2) is 0 Å². The molecule has 0 aliphatic rings. The molecule has 0 aliphatic carbocycles. The number of anilines is 2. The fourth-order valence-electron chi connectivity index (χ4n) is 3.15. The zero-order valence-electron chi connectivity index (χ0n) is 15.4. The molecule has 0 unspecified atom stereocenters. The largest absolute Gasteiger partial charge is 0.379 e. The van der Waals surface area contributed by atoms with E-state index in [0.29, 0.717) is 33.7 Å². The second kappa shape index (κ2) is 8.20. The summed E-state index contributed by atoms with van der Waals surface area (Å²) < 4.78 is 0. The molecule has 3 aromatic carbocycles. The minimum Gasteiger partial charge on any atom is -0.379 e. The lowest BCUT2D eigenvalue weighted by Crippen LogP contribution is -2.17.